The number of carbonyl (C=O) groups is 1. The molecule has 1 heterocycles. The molecule has 2 aromatic carbocycles. The molecule has 6 heteroatoms. The molecule has 28 heavy (non-hydrogen) atoms. The number of rotatable bonds is 5. The number of amides is 1. The Morgan fingerprint density at radius 2 is 1.64 bits per heavy atom. The Balaban J connectivity index is 1.76. The van der Waals surface area contributed by atoms with E-state index < -0.39 is 5.91 Å². The summed E-state index contributed by atoms with van der Waals surface area (Å²) in [5, 5.41) is 15.2. The number of hydrogen-bond donors (Lipinski definition) is 2. The molecular weight excluding hydrogens is 350 g/mol. The van der Waals surface area contributed by atoms with Gasteiger partial charge in [-0.2, -0.15) is 5.26 Å². The normalized spacial score (nSPS) is 10.8. The highest BCUT2D eigenvalue weighted by atomic mass is 16.1. The number of carbonyl (C=O) groups excluding carboxylic acids is 1. The Kier molecular flexibility index (Phi) is 5.78. The van der Waals surface area contributed by atoms with Crippen LogP contribution < -0.4 is 10.6 Å². The summed E-state index contributed by atoms with van der Waals surface area (Å²) < 4.78 is 0. The molecule has 3 rings (SSSR count). The summed E-state index contributed by atoms with van der Waals surface area (Å²) >= 11 is 0. The van der Waals surface area contributed by atoms with Crippen molar-refractivity contribution in [1.29, 1.82) is 5.26 Å². The van der Waals surface area contributed by atoms with E-state index in [1.165, 1.54) is 0 Å². The summed E-state index contributed by atoms with van der Waals surface area (Å²) in [6.45, 7) is 3.80. The number of nitrogens with one attached hydrogen (secondary N) is 2. The monoisotopic (exact) mass is 369 g/mol. The average Bonchev–Trinajstić information content (AvgIpc) is 2.66. The lowest BCUT2D eigenvalue weighted by Crippen LogP contribution is -2.13. The molecule has 0 unspecified atom stereocenters. The van der Waals surface area contributed by atoms with Crippen LogP contribution in [0.1, 0.15) is 17.0 Å². The van der Waals surface area contributed by atoms with Crippen molar-refractivity contribution in [2.45, 2.75) is 13.8 Å². The van der Waals surface area contributed by atoms with E-state index in [0.717, 1.165) is 22.6 Å². The number of anilines is 3. The van der Waals surface area contributed by atoms with E-state index in [1.54, 1.807) is 24.3 Å². The van der Waals surface area contributed by atoms with Crippen LogP contribution in [0.2, 0.25) is 0 Å². The smallest absolute Gasteiger partial charge is 0.266 e. The van der Waals surface area contributed by atoms with Crippen LogP contribution in [0, 0.1) is 25.2 Å². The van der Waals surface area contributed by atoms with Crippen LogP contribution in [0.5, 0.6) is 0 Å². The van der Waals surface area contributed by atoms with E-state index >= 15 is 0 Å². The molecule has 0 spiro atoms. The fourth-order valence-electron chi connectivity index (χ4n) is 2.65. The Labute approximate surface area is 163 Å². The molecule has 0 fully saturated rings. The van der Waals surface area contributed by atoms with E-state index in [1.807, 2.05) is 62.4 Å². The third-order valence-corrected chi connectivity index (χ3v) is 3.83. The third-order valence-electron chi connectivity index (χ3n) is 3.83. The van der Waals surface area contributed by atoms with Gasteiger partial charge in [0, 0.05) is 22.8 Å². The maximum absolute atomic E-state index is 12.5. The second-order valence-corrected chi connectivity index (χ2v) is 6.21. The van der Waals surface area contributed by atoms with Crippen LogP contribution in [-0.4, -0.2) is 15.9 Å². The molecule has 0 radical (unpaired) electrons. The first kappa shape index (κ1) is 18.8. The van der Waals surface area contributed by atoms with Crippen LogP contribution in [0.15, 0.2) is 66.2 Å². The second kappa shape index (κ2) is 8.60. The first-order valence-electron chi connectivity index (χ1n) is 8.71. The summed E-state index contributed by atoms with van der Waals surface area (Å²) in [4.78, 5) is 21.2. The average molecular weight is 369 g/mol. The molecule has 1 amide bonds. The zero-order chi connectivity index (χ0) is 19.9. The third kappa shape index (κ3) is 5.02. The number of hydrogen-bond acceptors (Lipinski definition) is 5. The number of aromatic nitrogens is 2. The molecule has 0 aliphatic heterocycles. The van der Waals surface area contributed by atoms with Gasteiger partial charge < -0.3 is 10.6 Å². The highest BCUT2D eigenvalue weighted by Crippen LogP contribution is 2.19. The standard InChI is InChI=1S/C22H19N5O/c1-15-11-16(2)25-22(24-15)27-20-10-6-9-19(13-20)26-21(28)18(14-23)12-17-7-4-3-5-8-17/h3-13H,1-2H3,(H,26,28)(H,24,25,27)/b18-12+. The number of benzene rings is 2. The van der Waals surface area contributed by atoms with Crippen LogP contribution in [0.4, 0.5) is 17.3 Å². The fraction of sp³-hybridized carbons (Fsp3) is 0.0909. The van der Waals surface area contributed by atoms with Gasteiger partial charge in [0.1, 0.15) is 11.6 Å². The molecule has 2 N–H and O–H groups in total. The van der Waals surface area contributed by atoms with Crippen molar-refractivity contribution in [3.8, 4) is 6.07 Å². The minimum Gasteiger partial charge on any atom is -0.324 e. The molecule has 0 saturated carbocycles. The maximum atomic E-state index is 12.5. The van der Waals surface area contributed by atoms with Crippen LogP contribution in [0.3, 0.4) is 0 Å². The van der Waals surface area contributed by atoms with Crippen molar-refractivity contribution >= 4 is 29.3 Å². The van der Waals surface area contributed by atoms with Gasteiger partial charge in [0.15, 0.2) is 0 Å². The zero-order valence-electron chi connectivity index (χ0n) is 15.6. The summed E-state index contributed by atoms with van der Waals surface area (Å²) in [5.41, 5.74) is 3.84. The van der Waals surface area contributed by atoms with Crippen LogP contribution in [-0.2, 0) is 4.79 Å². The van der Waals surface area contributed by atoms with Gasteiger partial charge in [0.25, 0.3) is 5.91 Å². The van der Waals surface area contributed by atoms with Gasteiger partial charge in [-0.15, -0.1) is 0 Å². The van der Waals surface area contributed by atoms with Gasteiger partial charge >= 0.3 is 0 Å². The number of nitriles is 1. The number of nitrogens with zero attached hydrogens (tertiary/aromatic N) is 3. The quantitative estimate of drug-likeness (QED) is 0.514. The van der Waals surface area contributed by atoms with E-state index in [-0.39, 0.29) is 5.57 Å². The van der Waals surface area contributed by atoms with E-state index in [0.29, 0.717) is 11.6 Å². The second-order valence-electron chi connectivity index (χ2n) is 6.21. The zero-order valence-corrected chi connectivity index (χ0v) is 15.6. The molecule has 0 bridgehead atoms. The lowest BCUT2D eigenvalue weighted by atomic mass is 10.1. The van der Waals surface area contributed by atoms with Crippen LogP contribution >= 0.6 is 0 Å². The molecule has 3 aromatic rings. The summed E-state index contributed by atoms with van der Waals surface area (Å²) in [6.07, 6.45) is 1.56. The first-order valence-corrected chi connectivity index (χ1v) is 8.71. The van der Waals surface area contributed by atoms with Crippen LogP contribution in [0.25, 0.3) is 6.08 Å². The largest absolute Gasteiger partial charge is 0.324 e. The molecule has 0 atom stereocenters. The predicted octanol–water partition coefficient (Wildman–Crippen LogP) is 4.38. The molecule has 6 nitrogen and oxygen atoms in total. The van der Waals surface area contributed by atoms with Gasteiger partial charge in [-0.3, -0.25) is 4.79 Å². The van der Waals surface area contributed by atoms with Crippen molar-refractivity contribution in [3.05, 3.63) is 83.2 Å². The van der Waals surface area contributed by atoms with Crippen molar-refractivity contribution in [3.63, 3.8) is 0 Å². The minimum atomic E-state index is -0.467. The van der Waals surface area contributed by atoms with Gasteiger partial charge in [0.2, 0.25) is 5.95 Å². The summed E-state index contributed by atoms with van der Waals surface area (Å²) in [6, 6.07) is 20.2. The molecule has 138 valence electrons. The molecular formula is C22H19N5O. The Morgan fingerprint density at radius 3 is 2.32 bits per heavy atom. The first-order chi connectivity index (χ1) is 13.5. The topological polar surface area (TPSA) is 90.7 Å². The lowest BCUT2D eigenvalue weighted by Gasteiger charge is -2.09. The molecule has 1 aromatic heterocycles. The van der Waals surface area contributed by atoms with Gasteiger partial charge in [-0.05, 0) is 49.8 Å². The molecule has 0 saturated heterocycles. The Morgan fingerprint density at radius 1 is 0.964 bits per heavy atom. The van der Waals surface area contributed by atoms with Gasteiger partial charge in [-0.1, -0.05) is 36.4 Å². The van der Waals surface area contributed by atoms with E-state index in [4.69, 9.17) is 0 Å². The summed E-state index contributed by atoms with van der Waals surface area (Å²) in [5.74, 6) is 0.0221. The van der Waals surface area contributed by atoms with E-state index in [9.17, 15) is 10.1 Å². The predicted molar refractivity (Wildman–Crippen MR) is 110 cm³/mol. The highest BCUT2D eigenvalue weighted by molar-refractivity contribution is 6.09. The highest BCUT2D eigenvalue weighted by Gasteiger charge is 2.10. The summed E-state index contributed by atoms with van der Waals surface area (Å²) in [7, 11) is 0. The van der Waals surface area contributed by atoms with Gasteiger partial charge in [-0.25, -0.2) is 9.97 Å². The Hall–Kier alpha value is -3.98. The van der Waals surface area contributed by atoms with Crippen molar-refractivity contribution in [1.82, 2.24) is 9.97 Å². The minimum absolute atomic E-state index is 0.0298. The fourth-order valence-corrected chi connectivity index (χ4v) is 2.65. The lowest BCUT2D eigenvalue weighted by molar-refractivity contribution is -0.112. The molecule has 0 aliphatic carbocycles. The Bertz CT molecular complexity index is 1050. The SMILES string of the molecule is Cc1cc(C)nc(Nc2cccc(NC(=O)/C(C#N)=C/c3ccccc3)c2)n1. The maximum Gasteiger partial charge on any atom is 0.266 e. The molecule has 0 aliphatic rings. The van der Waals surface area contributed by atoms with Crippen molar-refractivity contribution in [2.75, 3.05) is 10.6 Å². The van der Waals surface area contributed by atoms with Crippen molar-refractivity contribution < 1.29 is 4.79 Å². The van der Waals surface area contributed by atoms with Crippen molar-refractivity contribution in [2.24, 2.45) is 0 Å². The van der Waals surface area contributed by atoms with Gasteiger partial charge in [0.05, 0.1) is 0 Å². The van der Waals surface area contributed by atoms with E-state index in [2.05, 4.69) is 20.6 Å². The number of aryl methyl sites for hydroxylation is 2.